The predicted molar refractivity (Wildman–Crippen MR) is 117 cm³/mol. The van der Waals surface area contributed by atoms with Gasteiger partial charge in [0.1, 0.15) is 22.8 Å². The number of carbonyl (C=O) groups excluding carboxylic acids is 1. The van der Waals surface area contributed by atoms with E-state index in [1.54, 1.807) is 18.2 Å². The average Bonchev–Trinajstić information content (AvgIpc) is 3.09. The number of carbonyl (C=O) groups is 1. The first-order valence-electron chi connectivity index (χ1n) is 9.76. The summed E-state index contributed by atoms with van der Waals surface area (Å²) < 4.78 is 24.8. The number of hydrogen-bond acceptors (Lipinski definition) is 6. The molecule has 0 unspecified atom stereocenters. The largest absolute Gasteiger partial charge is 0.496 e. The van der Waals surface area contributed by atoms with Crippen LogP contribution in [0.15, 0.2) is 41.4 Å². The third-order valence-electron chi connectivity index (χ3n) is 4.47. The summed E-state index contributed by atoms with van der Waals surface area (Å²) in [5, 5.41) is 0. The SMILES string of the molecule is CCOCCn1c(=NC(=O)c2c(OC)cccc2OC)sc2cc(OCC)ccc21. The van der Waals surface area contributed by atoms with Gasteiger partial charge in [0, 0.05) is 13.2 Å². The highest BCUT2D eigenvalue weighted by molar-refractivity contribution is 7.16. The van der Waals surface area contributed by atoms with Crippen LogP contribution < -0.4 is 19.0 Å². The Balaban J connectivity index is 2.12. The van der Waals surface area contributed by atoms with Gasteiger partial charge >= 0.3 is 0 Å². The van der Waals surface area contributed by atoms with Crippen LogP contribution in [0.2, 0.25) is 0 Å². The highest BCUT2D eigenvalue weighted by Gasteiger charge is 2.18. The molecule has 0 aliphatic carbocycles. The third kappa shape index (κ3) is 4.66. The molecule has 0 aliphatic heterocycles. The van der Waals surface area contributed by atoms with E-state index in [1.165, 1.54) is 25.6 Å². The molecule has 0 spiro atoms. The first-order valence-corrected chi connectivity index (χ1v) is 10.6. The molecule has 30 heavy (non-hydrogen) atoms. The number of aromatic nitrogens is 1. The van der Waals surface area contributed by atoms with Gasteiger partial charge < -0.3 is 23.5 Å². The molecule has 160 valence electrons. The zero-order valence-corrected chi connectivity index (χ0v) is 18.5. The Morgan fingerprint density at radius 2 is 1.80 bits per heavy atom. The van der Waals surface area contributed by atoms with Gasteiger partial charge in [0.2, 0.25) is 0 Å². The van der Waals surface area contributed by atoms with Gasteiger partial charge in [-0.2, -0.15) is 4.99 Å². The molecule has 0 atom stereocenters. The number of fused-ring (bicyclic) bond motifs is 1. The van der Waals surface area contributed by atoms with Crippen molar-refractivity contribution in [2.24, 2.45) is 4.99 Å². The first-order chi connectivity index (χ1) is 14.6. The number of rotatable bonds is 9. The van der Waals surface area contributed by atoms with Crippen molar-refractivity contribution < 1.29 is 23.7 Å². The molecule has 0 aliphatic rings. The van der Waals surface area contributed by atoms with Crippen LogP contribution in [0.3, 0.4) is 0 Å². The molecular formula is C22H26N2O5S. The molecule has 0 saturated heterocycles. The Hall–Kier alpha value is -2.84. The van der Waals surface area contributed by atoms with Crippen LogP contribution in [0, 0.1) is 0 Å². The molecule has 0 N–H and O–H groups in total. The van der Waals surface area contributed by atoms with Gasteiger partial charge in [-0.1, -0.05) is 17.4 Å². The van der Waals surface area contributed by atoms with Crippen LogP contribution in [0.4, 0.5) is 0 Å². The standard InChI is InChI=1S/C22H26N2O5S/c1-5-28-13-12-24-16-11-10-15(29-6-2)14-19(16)30-22(24)23-21(25)20-17(26-3)8-7-9-18(20)27-4/h7-11,14H,5-6,12-13H2,1-4H3. The lowest BCUT2D eigenvalue weighted by Crippen LogP contribution is -2.20. The summed E-state index contributed by atoms with van der Waals surface area (Å²) in [6, 6.07) is 11.1. The molecule has 3 rings (SSSR count). The van der Waals surface area contributed by atoms with Crippen molar-refractivity contribution in [3.8, 4) is 17.2 Å². The Labute approximate surface area is 179 Å². The molecule has 1 amide bonds. The number of ether oxygens (including phenoxy) is 4. The quantitative estimate of drug-likeness (QED) is 0.482. The van der Waals surface area contributed by atoms with Crippen molar-refractivity contribution in [2.45, 2.75) is 20.4 Å². The molecule has 1 heterocycles. The van der Waals surface area contributed by atoms with E-state index in [0.717, 1.165) is 16.0 Å². The van der Waals surface area contributed by atoms with Crippen molar-refractivity contribution in [1.29, 1.82) is 0 Å². The maximum absolute atomic E-state index is 13.1. The number of benzene rings is 2. The Morgan fingerprint density at radius 1 is 1.07 bits per heavy atom. The maximum Gasteiger partial charge on any atom is 0.287 e. The molecular weight excluding hydrogens is 404 g/mol. The fourth-order valence-corrected chi connectivity index (χ4v) is 4.20. The molecule has 0 bridgehead atoms. The molecule has 0 radical (unpaired) electrons. The Bertz CT molecular complexity index is 1060. The summed E-state index contributed by atoms with van der Waals surface area (Å²) in [5.41, 5.74) is 1.27. The Morgan fingerprint density at radius 3 is 2.43 bits per heavy atom. The number of thiazole rings is 1. The average molecular weight is 431 g/mol. The monoisotopic (exact) mass is 430 g/mol. The maximum atomic E-state index is 13.1. The van der Waals surface area contributed by atoms with Crippen LogP contribution in [-0.4, -0.2) is 44.5 Å². The van der Waals surface area contributed by atoms with Crippen LogP contribution in [0.1, 0.15) is 24.2 Å². The van der Waals surface area contributed by atoms with Gasteiger partial charge in [0.05, 0.1) is 37.6 Å². The molecule has 0 saturated carbocycles. The second kappa shape index (κ2) is 10.3. The lowest BCUT2D eigenvalue weighted by Gasteiger charge is -2.10. The summed E-state index contributed by atoms with van der Waals surface area (Å²) in [4.78, 5) is 18.1. The predicted octanol–water partition coefficient (Wildman–Crippen LogP) is 3.90. The normalized spacial score (nSPS) is 11.7. The molecule has 1 aromatic heterocycles. The van der Waals surface area contributed by atoms with E-state index < -0.39 is 5.91 Å². The van der Waals surface area contributed by atoms with E-state index in [1.807, 2.05) is 36.6 Å². The molecule has 8 heteroatoms. The third-order valence-corrected chi connectivity index (χ3v) is 5.51. The topological polar surface area (TPSA) is 71.3 Å². The van der Waals surface area contributed by atoms with Gasteiger partial charge in [-0.05, 0) is 44.2 Å². The van der Waals surface area contributed by atoms with Gasteiger partial charge in [-0.3, -0.25) is 4.79 Å². The van der Waals surface area contributed by atoms with Crippen molar-refractivity contribution in [3.05, 3.63) is 46.8 Å². The lowest BCUT2D eigenvalue weighted by molar-refractivity contribution is 0.0990. The number of amides is 1. The lowest BCUT2D eigenvalue weighted by atomic mass is 10.1. The number of methoxy groups -OCH3 is 2. The van der Waals surface area contributed by atoms with Crippen molar-refractivity contribution in [2.75, 3.05) is 34.0 Å². The molecule has 0 fully saturated rings. The molecule has 3 aromatic rings. The fraction of sp³-hybridized carbons (Fsp3) is 0.364. The van der Waals surface area contributed by atoms with E-state index >= 15 is 0 Å². The van der Waals surface area contributed by atoms with Crippen molar-refractivity contribution in [3.63, 3.8) is 0 Å². The van der Waals surface area contributed by atoms with Crippen LogP contribution >= 0.6 is 11.3 Å². The second-order valence-corrected chi connectivity index (χ2v) is 7.26. The van der Waals surface area contributed by atoms with Crippen molar-refractivity contribution in [1.82, 2.24) is 4.57 Å². The summed E-state index contributed by atoms with van der Waals surface area (Å²) >= 11 is 1.43. The fourth-order valence-electron chi connectivity index (χ4n) is 3.12. The summed E-state index contributed by atoms with van der Waals surface area (Å²) in [6.45, 7) is 6.21. The zero-order valence-electron chi connectivity index (χ0n) is 17.6. The Kier molecular flexibility index (Phi) is 7.48. The van der Waals surface area contributed by atoms with E-state index in [0.29, 0.717) is 48.2 Å². The van der Waals surface area contributed by atoms with Crippen LogP contribution in [0.5, 0.6) is 17.2 Å². The summed E-state index contributed by atoms with van der Waals surface area (Å²) in [7, 11) is 3.03. The summed E-state index contributed by atoms with van der Waals surface area (Å²) in [6.07, 6.45) is 0. The summed E-state index contributed by atoms with van der Waals surface area (Å²) in [5.74, 6) is 1.20. The second-order valence-electron chi connectivity index (χ2n) is 6.25. The minimum Gasteiger partial charge on any atom is -0.496 e. The van der Waals surface area contributed by atoms with E-state index in [-0.39, 0.29) is 0 Å². The van der Waals surface area contributed by atoms with E-state index in [9.17, 15) is 4.79 Å². The van der Waals surface area contributed by atoms with E-state index in [4.69, 9.17) is 18.9 Å². The molecule has 2 aromatic carbocycles. The van der Waals surface area contributed by atoms with Crippen LogP contribution in [0.25, 0.3) is 10.2 Å². The highest BCUT2D eigenvalue weighted by atomic mass is 32.1. The first kappa shape index (κ1) is 21.9. The van der Waals surface area contributed by atoms with Crippen molar-refractivity contribution >= 4 is 27.5 Å². The molecule has 7 nitrogen and oxygen atoms in total. The minimum absolute atomic E-state index is 0.298. The van der Waals surface area contributed by atoms with Gasteiger partial charge in [0.25, 0.3) is 5.91 Å². The van der Waals surface area contributed by atoms with E-state index in [2.05, 4.69) is 4.99 Å². The van der Waals surface area contributed by atoms with Gasteiger partial charge in [-0.25, -0.2) is 0 Å². The number of nitrogens with zero attached hydrogens (tertiary/aromatic N) is 2. The highest BCUT2D eigenvalue weighted by Crippen LogP contribution is 2.29. The van der Waals surface area contributed by atoms with Crippen LogP contribution in [-0.2, 0) is 11.3 Å². The number of hydrogen-bond donors (Lipinski definition) is 0. The zero-order chi connectivity index (χ0) is 21.5. The van der Waals surface area contributed by atoms with Gasteiger partial charge in [-0.15, -0.1) is 0 Å². The smallest absolute Gasteiger partial charge is 0.287 e. The van der Waals surface area contributed by atoms with Gasteiger partial charge in [0.15, 0.2) is 4.80 Å². The minimum atomic E-state index is -0.425.